The molecule has 2 heterocycles. The number of nitrogens with zero attached hydrogens (tertiary/aromatic N) is 1. The number of hydrogen-bond acceptors (Lipinski definition) is 5. The van der Waals surface area contributed by atoms with Crippen LogP contribution in [0.5, 0.6) is 5.75 Å². The Morgan fingerprint density at radius 2 is 1.78 bits per heavy atom. The summed E-state index contributed by atoms with van der Waals surface area (Å²) < 4.78 is 11.3. The Morgan fingerprint density at radius 3 is 2.41 bits per heavy atom. The topological polar surface area (TPSA) is 80.0 Å². The van der Waals surface area contributed by atoms with Crippen molar-refractivity contribution in [1.29, 1.82) is 0 Å². The highest BCUT2D eigenvalue weighted by molar-refractivity contribution is 6.51. The molecule has 32 heavy (non-hydrogen) atoms. The van der Waals surface area contributed by atoms with E-state index in [0.717, 1.165) is 11.1 Å². The third-order valence-corrected chi connectivity index (χ3v) is 5.39. The summed E-state index contributed by atoms with van der Waals surface area (Å²) >= 11 is 0. The van der Waals surface area contributed by atoms with Crippen LogP contribution < -0.4 is 9.64 Å². The average molecular weight is 431 g/mol. The maximum atomic E-state index is 13.1. The number of ketones is 1. The maximum absolute atomic E-state index is 13.1. The minimum atomic E-state index is -0.887. The number of carbonyl (C=O) groups excluding carboxylic acids is 2. The molecule has 1 N–H and O–H groups in total. The lowest BCUT2D eigenvalue weighted by Gasteiger charge is -2.24. The molecule has 0 spiro atoms. The van der Waals surface area contributed by atoms with Gasteiger partial charge in [0.25, 0.3) is 11.7 Å². The largest absolute Gasteiger partial charge is 0.507 e. The number of furan rings is 1. The SMILES string of the molecule is Cc1ccc(C)c(/C(O)=C2/C(=O)C(=O)N(c3ccc(OC(C)C)cc3)C2c2ccco2)c1. The second-order valence-electron chi connectivity index (χ2n) is 8.16. The molecular weight excluding hydrogens is 406 g/mol. The lowest BCUT2D eigenvalue weighted by Crippen LogP contribution is -2.29. The van der Waals surface area contributed by atoms with Crippen molar-refractivity contribution in [2.75, 3.05) is 4.90 Å². The van der Waals surface area contributed by atoms with Gasteiger partial charge < -0.3 is 14.3 Å². The van der Waals surface area contributed by atoms with Crippen LogP contribution in [0.3, 0.4) is 0 Å². The molecule has 1 aliphatic rings. The number of anilines is 1. The molecule has 1 unspecified atom stereocenters. The van der Waals surface area contributed by atoms with Gasteiger partial charge in [0, 0.05) is 11.3 Å². The van der Waals surface area contributed by atoms with Gasteiger partial charge in [0.2, 0.25) is 0 Å². The number of carbonyl (C=O) groups is 2. The average Bonchev–Trinajstić information content (AvgIpc) is 3.37. The molecule has 164 valence electrons. The van der Waals surface area contributed by atoms with E-state index in [9.17, 15) is 14.7 Å². The molecular formula is C26H25NO5. The van der Waals surface area contributed by atoms with Crippen LogP contribution in [0.4, 0.5) is 5.69 Å². The number of Topliss-reactive ketones (excluding diaryl/α,β-unsaturated/α-hetero) is 1. The fourth-order valence-electron chi connectivity index (χ4n) is 3.91. The van der Waals surface area contributed by atoms with Crippen LogP contribution in [0.15, 0.2) is 70.9 Å². The van der Waals surface area contributed by atoms with E-state index in [-0.39, 0.29) is 17.4 Å². The summed E-state index contributed by atoms with van der Waals surface area (Å²) in [6.45, 7) is 7.60. The number of hydrogen-bond donors (Lipinski definition) is 1. The maximum Gasteiger partial charge on any atom is 0.300 e. The normalized spacial score (nSPS) is 17.9. The number of ether oxygens (including phenoxy) is 1. The van der Waals surface area contributed by atoms with Crippen LogP contribution in [0, 0.1) is 13.8 Å². The van der Waals surface area contributed by atoms with Crippen molar-refractivity contribution in [3.8, 4) is 5.75 Å². The molecule has 1 aliphatic heterocycles. The molecule has 2 aromatic carbocycles. The van der Waals surface area contributed by atoms with Gasteiger partial charge in [-0.05, 0) is 75.7 Å². The van der Waals surface area contributed by atoms with E-state index in [2.05, 4.69) is 0 Å². The predicted octanol–water partition coefficient (Wildman–Crippen LogP) is 5.31. The third-order valence-electron chi connectivity index (χ3n) is 5.39. The standard InChI is InChI=1S/C26H25NO5/c1-15(2)32-19-11-9-18(10-12-19)27-23(21-6-5-13-31-21)22(25(29)26(27)30)24(28)20-14-16(3)7-8-17(20)4/h5-15,23,28H,1-4H3/b24-22-. The van der Waals surface area contributed by atoms with Crippen molar-refractivity contribution >= 4 is 23.1 Å². The lowest BCUT2D eigenvalue weighted by molar-refractivity contribution is -0.132. The molecule has 6 nitrogen and oxygen atoms in total. The zero-order valence-electron chi connectivity index (χ0n) is 18.5. The zero-order chi connectivity index (χ0) is 23.0. The van der Waals surface area contributed by atoms with E-state index in [0.29, 0.717) is 22.8 Å². The van der Waals surface area contributed by atoms with Crippen LogP contribution in [0.1, 0.15) is 42.3 Å². The number of aliphatic hydroxyl groups excluding tert-OH is 1. The molecule has 0 saturated carbocycles. The summed E-state index contributed by atoms with van der Waals surface area (Å²) in [6, 6.07) is 15.0. The van der Waals surface area contributed by atoms with Gasteiger partial charge in [0.15, 0.2) is 0 Å². The minimum Gasteiger partial charge on any atom is -0.507 e. The molecule has 6 heteroatoms. The third kappa shape index (κ3) is 3.80. The summed E-state index contributed by atoms with van der Waals surface area (Å²) in [5.41, 5.74) is 2.75. The quantitative estimate of drug-likeness (QED) is 0.336. The Labute approximate surface area is 186 Å². The van der Waals surface area contributed by atoms with Crippen molar-refractivity contribution in [3.63, 3.8) is 0 Å². The summed E-state index contributed by atoms with van der Waals surface area (Å²) in [5.74, 6) is -0.653. The van der Waals surface area contributed by atoms with Gasteiger partial charge in [-0.3, -0.25) is 14.5 Å². The molecule has 1 fully saturated rings. The van der Waals surface area contributed by atoms with Crippen molar-refractivity contribution in [1.82, 2.24) is 0 Å². The van der Waals surface area contributed by atoms with E-state index in [1.54, 1.807) is 42.5 Å². The van der Waals surface area contributed by atoms with Crippen LogP contribution in [-0.2, 0) is 9.59 Å². The fourth-order valence-corrected chi connectivity index (χ4v) is 3.91. The summed E-state index contributed by atoms with van der Waals surface area (Å²) in [4.78, 5) is 27.6. The highest BCUT2D eigenvalue weighted by atomic mass is 16.5. The number of aliphatic hydroxyl groups is 1. The summed E-state index contributed by atoms with van der Waals surface area (Å²) in [7, 11) is 0. The Hall–Kier alpha value is -3.80. The second kappa shape index (κ2) is 8.38. The fraction of sp³-hybridized carbons (Fsp3) is 0.231. The highest BCUT2D eigenvalue weighted by Crippen LogP contribution is 2.43. The van der Waals surface area contributed by atoms with E-state index < -0.39 is 17.7 Å². The van der Waals surface area contributed by atoms with Gasteiger partial charge in [-0.2, -0.15) is 0 Å². The first kappa shape index (κ1) is 21.4. The van der Waals surface area contributed by atoms with Crippen molar-refractivity contribution in [2.45, 2.75) is 39.8 Å². The number of amides is 1. The van der Waals surface area contributed by atoms with E-state index in [1.807, 2.05) is 39.8 Å². The van der Waals surface area contributed by atoms with Crippen molar-refractivity contribution in [3.05, 3.63) is 88.9 Å². The predicted molar refractivity (Wildman–Crippen MR) is 122 cm³/mol. The van der Waals surface area contributed by atoms with Crippen LogP contribution in [0.2, 0.25) is 0 Å². The molecule has 1 amide bonds. The molecule has 0 aliphatic carbocycles. The molecule has 3 aromatic rings. The van der Waals surface area contributed by atoms with Crippen LogP contribution in [-0.4, -0.2) is 22.9 Å². The lowest BCUT2D eigenvalue weighted by atomic mass is 9.96. The van der Waals surface area contributed by atoms with Crippen LogP contribution in [0.25, 0.3) is 5.76 Å². The van der Waals surface area contributed by atoms with Crippen molar-refractivity contribution in [2.24, 2.45) is 0 Å². The minimum absolute atomic E-state index is 0.00107. The molecule has 1 atom stereocenters. The number of aryl methyl sites for hydroxylation is 2. The Balaban J connectivity index is 1.86. The monoisotopic (exact) mass is 431 g/mol. The van der Waals surface area contributed by atoms with E-state index >= 15 is 0 Å². The summed E-state index contributed by atoms with van der Waals surface area (Å²) in [5, 5.41) is 11.2. The number of rotatable bonds is 5. The van der Waals surface area contributed by atoms with E-state index in [1.165, 1.54) is 11.2 Å². The first-order chi connectivity index (χ1) is 15.3. The van der Waals surface area contributed by atoms with E-state index in [4.69, 9.17) is 9.15 Å². The van der Waals surface area contributed by atoms with Gasteiger partial charge in [0.1, 0.15) is 23.3 Å². The Kier molecular flexibility index (Phi) is 5.61. The first-order valence-electron chi connectivity index (χ1n) is 10.5. The zero-order valence-corrected chi connectivity index (χ0v) is 18.5. The first-order valence-corrected chi connectivity index (χ1v) is 10.5. The molecule has 4 rings (SSSR count). The van der Waals surface area contributed by atoms with Gasteiger partial charge in [-0.15, -0.1) is 0 Å². The van der Waals surface area contributed by atoms with Gasteiger partial charge >= 0.3 is 0 Å². The Bertz CT molecular complexity index is 1190. The van der Waals surface area contributed by atoms with Crippen LogP contribution >= 0.6 is 0 Å². The van der Waals surface area contributed by atoms with Gasteiger partial charge in [-0.25, -0.2) is 0 Å². The molecule has 1 aromatic heterocycles. The molecule has 1 saturated heterocycles. The van der Waals surface area contributed by atoms with Crippen molar-refractivity contribution < 1.29 is 23.8 Å². The second-order valence-corrected chi connectivity index (χ2v) is 8.16. The highest BCUT2D eigenvalue weighted by Gasteiger charge is 2.48. The van der Waals surface area contributed by atoms with Gasteiger partial charge in [-0.1, -0.05) is 17.7 Å². The smallest absolute Gasteiger partial charge is 0.300 e. The number of benzene rings is 2. The molecule has 0 radical (unpaired) electrons. The molecule has 0 bridgehead atoms. The summed E-state index contributed by atoms with van der Waals surface area (Å²) in [6.07, 6.45) is 1.49. The Morgan fingerprint density at radius 1 is 1.06 bits per heavy atom. The van der Waals surface area contributed by atoms with Gasteiger partial charge in [0.05, 0.1) is 17.9 Å².